The highest BCUT2D eigenvalue weighted by Gasteiger charge is 2.48. The van der Waals surface area contributed by atoms with E-state index in [0.717, 1.165) is 0 Å². The van der Waals surface area contributed by atoms with Gasteiger partial charge >= 0.3 is 0 Å². The summed E-state index contributed by atoms with van der Waals surface area (Å²) in [5, 5.41) is 8.04. The average molecular weight is 864 g/mol. The second-order valence-corrected chi connectivity index (χ2v) is 20.0. The van der Waals surface area contributed by atoms with Crippen molar-refractivity contribution < 1.29 is 13.7 Å². The molecule has 3 aliphatic heterocycles. The van der Waals surface area contributed by atoms with Gasteiger partial charge in [-0.05, 0) is 92.1 Å². The number of benzene rings is 6. The first kappa shape index (κ1) is 45.3. The van der Waals surface area contributed by atoms with Crippen LogP contribution in [-0.4, -0.2) is 13.7 Å². The zero-order valence-corrected chi connectivity index (χ0v) is 40.1. The van der Waals surface area contributed by atoms with E-state index < -0.39 is 0 Å². The monoisotopic (exact) mass is 864 g/mol. The number of hydrogen-bond acceptors (Lipinski definition) is 0. The molecule has 0 atom stereocenters. The molecule has 0 bridgehead atoms. The van der Waals surface area contributed by atoms with Crippen LogP contribution in [0, 0.1) is 41.5 Å². The smallest absolute Gasteiger partial charge is 0.234 e. The number of rotatable bonds is 0. The van der Waals surface area contributed by atoms with Crippen LogP contribution in [0.3, 0.4) is 0 Å². The molecule has 0 unspecified atom stereocenters. The summed E-state index contributed by atoms with van der Waals surface area (Å²) in [4.78, 5) is 0. The zero-order valence-electron chi connectivity index (χ0n) is 40.1. The molecule has 0 radical (unpaired) electrons. The molecule has 334 valence electrons. The van der Waals surface area contributed by atoms with E-state index >= 15 is 0 Å². The Labute approximate surface area is 388 Å². The van der Waals surface area contributed by atoms with Crippen molar-refractivity contribution in [1.29, 1.82) is 0 Å². The Morgan fingerprint density at radius 2 is 0.785 bits per heavy atom. The first-order valence-corrected chi connectivity index (χ1v) is 22.7. The number of fused-ring (bicyclic) bond motifs is 14. The fourth-order valence-electron chi connectivity index (χ4n) is 12.1. The summed E-state index contributed by atoms with van der Waals surface area (Å²) in [6, 6.07) is 39.9. The molecule has 65 heavy (non-hydrogen) atoms. The number of hydrogen-bond donors (Lipinski definition) is 0. The number of imidazole rings is 3. The molecule has 9 aromatic rings. The van der Waals surface area contributed by atoms with Crippen molar-refractivity contribution in [2.75, 3.05) is 0 Å². The second-order valence-electron chi connectivity index (χ2n) is 20.0. The Morgan fingerprint density at radius 1 is 0.385 bits per heavy atom. The van der Waals surface area contributed by atoms with E-state index in [2.05, 4.69) is 241 Å². The van der Waals surface area contributed by atoms with Crippen LogP contribution in [0.5, 0.6) is 0 Å². The van der Waals surface area contributed by atoms with E-state index in [1.807, 2.05) is 0 Å². The van der Waals surface area contributed by atoms with Crippen LogP contribution in [0.25, 0.3) is 66.1 Å². The van der Waals surface area contributed by atoms with Gasteiger partial charge in [0.25, 0.3) is 17.5 Å². The van der Waals surface area contributed by atoms with Crippen molar-refractivity contribution in [3.63, 3.8) is 0 Å². The maximum Gasteiger partial charge on any atom is 0.254 e. The van der Waals surface area contributed by atoms with Crippen LogP contribution in [0.1, 0.15) is 108 Å². The van der Waals surface area contributed by atoms with Crippen LogP contribution < -0.4 is 13.7 Å². The molecule has 0 aliphatic carbocycles. The number of aromatic nitrogens is 6. The minimum absolute atomic E-state index is 0. The molecule has 6 aromatic carbocycles. The van der Waals surface area contributed by atoms with Crippen molar-refractivity contribution in [1.82, 2.24) is 13.7 Å². The Bertz CT molecular complexity index is 3380. The molecule has 0 fully saturated rings. The zero-order chi connectivity index (χ0) is 44.8. The Kier molecular flexibility index (Phi) is 10.6. The van der Waals surface area contributed by atoms with Crippen molar-refractivity contribution in [2.24, 2.45) is 21.1 Å². The van der Waals surface area contributed by atoms with Crippen LogP contribution in [-0.2, 0) is 37.8 Å². The lowest BCUT2D eigenvalue weighted by Gasteiger charge is -2.20. The van der Waals surface area contributed by atoms with Crippen LogP contribution >= 0.6 is 0 Å². The Hall–Kier alpha value is -6.27. The van der Waals surface area contributed by atoms with Gasteiger partial charge in [-0.25, -0.2) is 27.4 Å². The summed E-state index contributed by atoms with van der Waals surface area (Å²) in [6.07, 6.45) is 0. The van der Waals surface area contributed by atoms with E-state index in [4.69, 9.17) is 0 Å². The minimum Gasteiger partial charge on any atom is -0.234 e. The van der Waals surface area contributed by atoms with E-state index in [0.29, 0.717) is 0 Å². The van der Waals surface area contributed by atoms with Gasteiger partial charge in [-0.3, -0.25) is 0 Å². The highest BCUT2D eigenvalue weighted by molar-refractivity contribution is 5.99. The van der Waals surface area contributed by atoms with E-state index in [1.165, 1.54) is 117 Å². The maximum absolute atomic E-state index is 2.50. The fraction of sp³-hybridized carbons (Fsp3) is 0.339. The lowest BCUT2D eigenvalue weighted by Crippen LogP contribution is -2.52. The third-order valence-electron chi connectivity index (χ3n) is 15.7. The van der Waals surface area contributed by atoms with E-state index in [9.17, 15) is 0 Å². The Balaban J connectivity index is 0.000000131. The summed E-state index contributed by atoms with van der Waals surface area (Å²) < 4.78 is 14.4. The quantitative estimate of drug-likeness (QED) is 0.136. The van der Waals surface area contributed by atoms with Gasteiger partial charge < -0.3 is 0 Å². The molecule has 6 heterocycles. The minimum atomic E-state index is -0.0123. The van der Waals surface area contributed by atoms with Crippen molar-refractivity contribution >= 4 is 32.3 Å². The largest absolute Gasteiger partial charge is 0.254 e. The standard InChI is InChI=1S/3C19H21N2.2CH4/c1-12-18-16-10-14-8-6-7-9-15(14)11-17(16)19(3,4)21(18)13(2)20(12)5;1-12-18-17-15-9-7-6-8-14(15)10-11-16(17)19(3,4)21(18)13(2)20(12)5;1-12-18-16-11-10-14-8-6-7-9-15(14)17(16)19(3,4)21(18)13(2)20(12)5;;/h3*6-11H,1-5H3;2*1H4/q3*+1;;. The van der Waals surface area contributed by atoms with Gasteiger partial charge in [-0.15, -0.1) is 0 Å². The fourth-order valence-corrected chi connectivity index (χ4v) is 12.1. The molecule has 0 amide bonds. The normalized spacial score (nSPS) is 14.8. The van der Waals surface area contributed by atoms with Gasteiger partial charge in [0.1, 0.15) is 33.7 Å². The molecule has 0 saturated carbocycles. The highest BCUT2D eigenvalue weighted by atomic mass is 15.2. The van der Waals surface area contributed by atoms with Crippen molar-refractivity contribution in [3.05, 3.63) is 160 Å². The lowest BCUT2D eigenvalue weighted by molar-refractivity contribution is -0.737. The number of nitrogens with zero attached hydrogens (tertiary/aromatic N) is 6. The third kappa shape index (κ3) is 6.01. The molecule has 6 nitrogen and oxygen atoms in total. The molecule has 3 aromatic heterocycles. The van der Waals surface area contributed by atoms with Crippen molar-refractivity contribution in [2.45, 2.75) is 115 Å². The molecule has 0 N–H and O–H groups in total. The first-order chi connectivity index (χ1) is 29.8. The van der Waals surface area contributed by atoms with Crippen LogP contribution in [0.15, 0.2) is 109 Å². The van der Waals surface area contributed by atoms with Crippen molar-refractivity contribution in [3.8, 4) is 33.8 Å². The molecule has 0 spiro atoms. The molecule has 3 aliphatic rings. The van der Waals surface area contributed by atoms with Crippen LogP contribution in [0.4, 0.5) is 0 Å². The summed E-state index contributed by atoms with van der Waals surface area (Å²) >= 11 is 0. The second kappa shape index (κ2) is 15.2. The average Bonchev–Trinajstić information content (AvgIpc) is 3.98. The summed E-state index contributed by atoms with van der Waals surface area (Å²) in [5.74, 6) is 3.94. The molecule has 12 rings (SSSR count). The molecule has 0 saturated heterocycles. The highest BCUT2D eigenvalue weighted by Crippen LogP contribution is 2.46. The molecule has 6 heteroatoms. The topological polar surface area (TPSA) is 26.4 Å². The Morgan fingerprint density at radius 3 is 1.35 bits per heavy atom. The van der Waals surface area contributed by atoms with Gasteiger partial charge in [0.05, 0.1) is 21.1 Å². The maximum atomic E-state index is 2.50. The van der Waals surface area contributed by atoms with E-state index in [-0.39, 0.29) is 31.5 Å². The molecular formula is C59H71N6+3. The van der Waals surface area contributed by atoms with E-state index in [1.54, 1.807) is 0 Å². The summed E-state index contributed by atoms with van der Waals surface area (Å²) in [5.41, 5.74) is 16.7. The molecular weight excluding hydrogens is 793 g/mol. The SMILES string of the molecule is C.C.Cc1c2[n+](c(C)n1C)C(C)(C)c1c-2ccc2ccccc12.Cc1c2[n+](c(C)n1C)C(C)(C)c1cc3ccccc3cc1-2.Cc1c2[n+](c(C)n1C)C(C)(C)c1ccc3ccccc3c1-2. The van der Waals surface area contributed by atoms with Gasteiger partial charge in [-0.2, -0.15) is 0 Å². The predicted molar refractivity (Wildman–Crippen MR) is 273 cm³/mol. The third-order valence-corrected chi connectivity index (χ3v) is 15.7. The summed E-state index contributed by atoms with van der Waals surface area (Å²) in [6.45, 7) is 27.3. The predicted octanol–water partition coefficient (Wildman–Crippen LogP) is 12.8. The van der Waals surface area contributed by atoms with Crippen LogP contribution in [0.2, 0.25) is 0 Å². The first-order valence-electron chi connectivity index (χ1n) is 22.7. The van der Waals surface area contributed by atoms with Gasteiger partial charge in [0.15, 0.2) is 17.1 Å². The van der Waals surface area contributed by atoms with Gasteiger partial charge in [0, 0.05) is 74.9 Å². The van der Waals surface area contributed by atoms with Gasteiger partial charge in [-0.1, -0.05) is 106 Å². The lowest BCUT2D eigenvalue weighted by atomic mass is 9.88. The summed E-state index contributed by atoms with van der Waals surface area (Å²) in [7, 11) is 6.48. The van der Waals surface area contributed by atoms with Gasteiger partial charge in [0.2, 0.25) is 0 Å².